The largest absolute Gasteiger partial charge is 0.389 e. The highest BCUT2D eigenvalue weighted by Gasteiger charge is 2.27. The molecule has 2 atom stereocenters. The first-order valence-corrected chi connectivity index (χ1v) is 11.1. The lowest BCUT2D eigenvalue weighted by molar-refractivity contribution is 0.0103. The van der Waals surface area contributed by atoms with Gasteiger partial charge in [0.25, 0.3) is 0 Å². The molecule has 0 radical (unpaired) electrons. The van der Waals surface area contributed by atoms with Gasteiger partial charge in [0.1, 0.15) is 0 Å². The molecule has 1 fully saturated rings. The third-order valence-corrected chi connectivity index (χ3v) is 6.29. The number of aliphatic hydroxyl groups is 1. The standard InChI is InChI=1S/C25H34N2O2/c28-23(20-29-19-21-8-2-1-3-9-21)18-26-14-7-15-27(17-16-26)25-13-6-11-22-10-4-5-12-24(22)25/h1-5,8-10,12,23,25,28H,6-7,11,13-20H2/t23-,25+/m1/s1. The van der Waals surface area contributed by atoms with Crippen molar-refractivity contribution in [2.45, 2.75) is 44.4 Å². The van der Waals surface area contributed by atoms with Gasteiger partial charge in [-0.3, -0.25) is 9.80 Å². The molecule has 0 amide bonds. The Balaban J connectivity index is 1.24. The number of benzene rings is 2. The van der Waals surface area contributed by atoms with Crippen molar-refractivity contribution in [2.24, 2.45) is 0 Å². The summed E-state index contributed by atoms with van der Waals surface area (Å²) in [5.74, 6) is 0. The number of rotatable bonds is 7. The summed E-state index contributed by atoms with van der Waals surface area (Å²) >= 11 is 0. The fourth-order valence-electron chi connectivity index (χ4n) is 4.83. The smallest absolute Gasteiger partial charge is 0.0900 e. The van der Waals surface area contributed by atoms with Crippen LogP contribution in [0.4, 0.5) is 0 Å². The molecule has 4 heteroatoms. The van der Waals surface area contributed by atoms with Gasteiger partial charge < -0.3 is 9.84 Å². The van der Waals surface area contributed by atoms with Crippen molar-refractivity contribution in [2.75, 3.05) is 39.3 Å². The Morgan fingerprint density at radius 2 is 1.76 bits per heavy atom. The zero-order chi connectivity index (χ0) is 19.9. The molecule has 2 aromatic rings. The summed E-state index contributed by atoms with van der Waals surface area (Å²) in [5, 5.41) is 10.4. The monoisotopic (exact) mass is 394 g/mol. The lowest BCUT2D eigenvalue weighted by atomic mass is 9.87. The Labute approximate surface area is 175 Å². The maximum absolute atomic E-state index is 10.4. The third kappa shape index (κ3) is 5.67. The molecule has 1 aliphatic heterocycles. The molecule has 2 aliphatic rings. The Hall–Kier alpha value is -1.72. The third-order valence-electron chi connectivity index (χ3n) is 6.29. The van der Waals surface area contributed by atoms with Crippen molar-refractivity contribution in [3.05, 3.63) is 71.3 Å². The number of ether oxygens (including phenoxy) is 1. The van der Waals surface area contributed by atoms with Gasteiger partial charge in [-0.25, -0.2) is 0 Å². The van der Waals surface area contributed by atoms with E-state index in [2.05, 4.69) is 46.2 Å². The summed E-state index contributed by atoms with van der Waals surface area (Å²) in [6.07, 6.45) is 4.52. The average Bonchev–Trinajstić information content (AvgIpc) is 2.99. The predicted molar refractivity (Wildman–Crippen MR) is 117 cm³/mol. The van der Waals surface area contributed by atoms with E-state index in [0.29, 0.717) is 25.8 Å². The van der Waals surface area contributed by atoms with Crippen LogP contribution in [0.15, 0.2) is 54.6 Å². The molecule has 0 unspecified atom stereocenters. The number of aryl methyl sites for hydroxylation is 1. The van der Waals surface area contributed by atoms with Gasteiger partial charge >= 0.3 is 0 Å². The fourth-order valence-corrected chi connectivity index (χ4v) is 4.83. The number of fused-ring (bicyclic) bond motifs is 1. The molecule has 0 bridgehead atoms. The van der Waals surface area contributed by atoms with Crippen LogP contribution in [0, 0.1) is 0 Å². The lowest BCUT2D eigenvalue weighted by Gasteiger charge is -2.35. The number of hydrogen-bond acceptors (Lipinski definition) is 4. The van der Waals surface area contributed by atoms with Gasteiger partial charge in [-0.05, 0) is 48.9 Å². The van der Waals surface area contributed by atoms with Gasteiger partial charge in [-0.15, -0.1) is 0 Å². The molecule has 29 heavy (non-hydrogen) atoms. The van der Waals surface area contributed by atoms with Gasteiger partial charge in [0.2, 0.25) is 0 Å². The van der Waals surface area contributed by atoms with Crippen molar-refractivity contribution < 1.29 is 9.84 Å². The molecule has 1 saturated heterocycles. The van der Waals surface area contributed by atoms with E-state index in [1.807, 2.05) is 18.2 Å². The van der Waals surface area contributed by atoms with E-state index < -0.39 is 6.10 Å². The number of β-amino-alcohol motifs (C(OH)–C–C–N with tert-alkyl or cyclic N) is 1. The summed E-state index contributed by atoms with van der Waals surface area (Å²) in [6, 6.07) is 19.7. The highest BCUT2D eigenvalue weighted by atomic mass is 16.5. The molecule has 4 nitrogen and oxygen atoms in total. The van der Waals surface area contributed by atoms with Gasteiger partial charge in [0, 0.05) is 32.2 Å². The zero-order valence-electron chi connectivity index (χ0n) is 17.4. The second kappa shape index (κ2) is 10.4. The maximum Gasteiger partial charge on any atom is 0.0900 e. The van der Waals surface area contributed by atoms with Crippen LogP contribution in [0.25, 0.3) is 0 Å². The topological polar surface area (TPSA) is 35.9 Å². The van der Waals surface area contributed by atoms with Crippen LogP contribution in [-0.4, -0.2) is 60.3 Å². The van der Waals surface area contributed by atoms with E-state index in [0.717, 1.165) is 38.2 Å². The molecule has 156 valence electrons. The number of aliphatic hydroxyl groups excluding tert-OH is 1. The van der Waals surface area contributed by atoms with E-state index in [1.54, 1.807) is 5.56 Å². The van der Waals surface area contributed by atoms with E-state index in [1.165, 1.54) is 24.8 Å². The molecule has 2 aromatic carbocycles. The molecular weight excluding hydrogens is 360 g/mol. The van der Waals surface area contributed by atoms with Crippen LogP contribution < -0.4 is 0 Å². The minimum atomic E-state index is -0.430. The second-order valence-corrected chi connectivity index (χ2v) is 8.45. The first-order chi connectivity index (χ1) is 14.3. The van der Waals surface area contributed by atoms with E-state index in [4.69, 9.17) is 4.74 Å². The second-order valence-electron chi connectivity index (χ2n) is 8.45. The van der Waals surface area contributed by atoms with Crippen LogP contribution in [0.5, 0.6) is 0 Å². The number of nitrogens with zero attached hydrogens (tertiary/aromatic N) is 2. The Bertz CT molecular complexity index is 751. The molecule has 4 rings (SSSR count). The summed E-state index contributed by atoms with van der Waals surface area (Å²) in [4.78, 5) is 5.08. The fraction of sp³-hybridized carbons (Fsp3) is 0.520. The van der Waals surface area contributed by atoms with E-state index in [9.17, 15) is 5.11 Å². The summed E-state index contributed by atoms with van der Waals surface area (Å²) < 4.78 is 5.72. The number of hydrogen-bond donors (Lipinski definition) is 1. The Morgan fingerprint density at radius 1 is 0.931 bits per heavy atom. The van der Waals surface area contributed by atoms with Crippen molar-refractivity contribution in [1.82, 2.24) is 9.80 Å². The van der Waals surface area contributed by atoms with Crippen LogP contribution in [0.1, 0.15) is 42.0 Å². The first kappa shape index (κ1) is 20.5. The highest BCUT2D eigenvalue weighted by Crippen LogP contribution is 2.34. The molecule has 1 N–H and O–H groups in total. The van der Waals surface area contributed by atoms with Crippen LogP contribution >= 0.6 is 0 Å². The SMILES string of the molecule is O[C@@H](COCc1ccccc1)CN1CCCN([C@H]2CCCc3ccccc32)CC1. The van der Waals surface area contributed by atoms with Crippen molar-refractivity contribution in [1.29, 1.82) is 0 Å². The molecule has 0 spiro atoms. The van der Waals surface area contributed by atoms with Gasteiger partial charge in [0.05, 0.1) is 19.3 Å². The van der Waals surface area contributed by atoms with Crippen molar-refractivity contribution in [3.8, 4) is 0 Å². The van der Waals surface area contributed by atoms with Crippen molar-refractivity contribution in [3.63, 3.8) is 0 Å². The summed E-state index contributed by atoms with van der Waals surface area (Å²) in [6.45, 7) is 5.96. The van der Waals surface area contributed by atoms with Gasteiger partial charge in [-0.2, -0.15) is 0 Å². The zero-order valence-corrected chi connectivity index (χ0v) is 17.4. The van der Waals surface area contributed by atoms with E-state index >= 15 is 0 Å². The molecule has 0 aromatic heterocycles. The average molecular weight is 395 g/mol. The van der Waals surface area contributed by atoms with Crippen LogP contribution in [0.2, 0.25) is 0 Å². The normalized spacial score (nSPS) is 22.0. The molecule has 1 aliphatic carbocycles. The quantitative estimate of drug-likeness (QED) is 0.778. The van der Waals surface area contributed by atoms with Crippen molar-refractivity contribution >= 4 is 0 Å². The predicted octanol–water partition coefficient (Wildman–Crippen LogP) is 3.65. The van der Waals surface area contributed by atoms with Crippen LogP contribution in [-0.2, 0) is 17.8 Å². The van der Waals surface area contributed by atoms with Gasteiger partial charge in [0.15, 0.2) is 0 Å². The van der Waals surface area contributed by atoms with Crippen LogP contribution in [0.3, 0.4) is 0 Å². The lowest BCUT2D eigenvalue weighted by Crippen LogP contribution is -2.38. The van der Waals surface area contributed by atoms with Gasteiger partial charge in [-0.1, -0.05) is 54.6 Å². The Morgan fingerprint density at radius 3 is 2.66 bits per heavy atom. The highest BCUT2D eigenvalue weighted by molar-refractivity contribution is 5.32. The van der Waals surface area contributed by atoms with E-state index in [-0.39, 0.29) is 0 Å². The summed E-state index contributed by atoms with van der Waals surface area (Å²) in [7, 11) is 0. The molecular formula is C25H34N2O2. The molecule has 1 heterocycles. The minimum Gasteiger partial charge on any atom is -0.389 e. The Kier molecular flexibility index (Phi) is 7.33. The first-order valence-electron chi connectivity index (χ1n) is 11.1. The minimum absolute atomic E-state index is 0.394. The molecule has 0 saturated carbocycles. The summed E-state index contributed by atoms with van der Waals surface area (Å²) in [5.41, 5.74) is 4.23. The maximum atomic E-state index is 10.4.